The molecule has 22 heavy (non-hydrogen) atoms. The van der Waals surface area contributed by atoms with E-state index < -0.39 is 0 Å². The van der Waals surface area contributed by atoms with Gasteiger partial charge in [0.1, 0.15) is 0 Å². The predicted octanol–water partition coefficient (Wildman–Crippen LogP) is 2.79. The van der Waals surface area contributed by atoms with E-state index in [4.69, 9.17) is 9.47 Å². The minimum absolute atomic E-state index is 0.0693. The van der Waals surface area contributed by atoms with Gasteiger partial charge in [-0.05, 0) is 18.6 Å². The molecule has 5 nitrogen and oxygen atoms in total. The minimum Gasteiger partial charge on any atom is -0.493 e. The van der Waals surface area contributed by atoms with Gasteiger partial charge in [0.05, 0.1) is 31.2 Å². The van der Waals surface area contributed by atoms with Gasteiger partial charge in [0.2, 0.25) is 0 Å². The molecule has 0 saturated heterocycles. The number of methoxy groups -OCH3 is 1. The largest absolute Gasteiger partial charge is 0.493 e. The first-order valence-corrected chi connectivity index (χ1v) is 7.20. The topological polar surface area (TPSA) is 56.2 Å². The van der Waals surface area contributed by atoms with E-state index in [2.05, 4.69) is 5.10 Å². The van der Waals surface area contributed by atoms with Crippen LogP contribution in [-0.4, -0.2) is 23.5 Å². The van der Waals surface area contributed by atoms with Gasteiger partial charge in [0, 0.05) is 6.07 Å². The first-order chi connectivity index (χ1) is 10.7. The minimum atomic E-state index is -0.0693. The third-order valence-electron chi connectivity index (χ3n) is 3.52. The molecule has 0 aliphatic heterocycles. The summed E-state index contributed by atoms with van der Waals surface area (Å²) in [5.41, 5.74) is 1.73. The van der Waals surface area contributed by atoms with Gasteiger partial charge in [-0.2, -0.15) is 0 Å². The second kappa shape index (κ2) is 5.97. The number of aromatic nitrogens is 2. The van der Waals surface area contributed by atoms with Gasteiger partial charge in [0.25, 0.3) is 5.56 Å². The van der Waals surface area contributed by atoms with Crippen LogP contribution in [0.1, 0.15) is 12.5 Å². The normalized spacial score (nSPS) is 10.8. The quantitative estimate of drug-likeness (QED) is 0.788. The van der Waals surface area contributed by atoms with Crippen molar-refractivity contribution in [2.45, 2.75) is 13.5 Å². The molecule has 0 fully saturated rings. The second-order valence-electron chi connectivity index (χ2n) is 4.97. The number of aromatic amines is 1. The number of hydrogen-bond acceptors (Lipinski definition) is 3. The van der Waals surface area contributed by atoms with Crippen molar-refractivity contribution in [3.05, 3.63) is 58.4 Å². The van der Waals surface area contributed by atoms with Gasteiger partial charge < -0.3 is 9.47 Å². The van der Waals surface area contributed by atoms with Crippen LogP contribution >= 0.6 is 0 Å². The average Bonchev–Trinajstić information content (AvgIpc) is 2.83. The van der Waals surface area contributed by atoms with E-state index in [9.17, 15) is 4.79 Å². The van der Waals surface area contributed by atoms with Crippen LogP contribution in [0.5, 0.6) is 11.5 Å². The molecule has 0 amide bonds. The van der Waals surface area contributed by atoms with E-state index in [1.165, 1.54) is 0 Å². The molecule has 1 N–H and O–H groups in total. The van der Waals surface area contributed by atoms with Gasteiger partial charge in [-0.25, -0.2) is 4.68 Å². The number of H-pyrrole nitrogens is 1. The van der Waals surface area contributed by atoms with Crippen molar-refractivity contribution >= 4 is 10.9 Å². The SMILES string of the molecule is CCOc1cc2[nH]n(Cc3ccccc3)c(=O)c2cc1OC. The molecule has 0 unspecified atom stereocenters. The van der Waals surface area contributed by atoms with E-state index in [-0.39, 0.29) is 5.56 Å². The summed E-state index contributed by atoms with van der Waals surface area (Å²) in [6.45, 7) is 2.95. The Morgan fingerprint density at radius 3 is 2.59 bits per heavy atom. The fourth-order valence-electron chi connectivity index (χ4n) is 2.48. The highest BCUT2D eigenvalue weighted by molar-refractivity contribution is 5.82. The molecule has 5 heteroatoms. The Balaban J connectivity index is 2.06. The molecule has 3 aromatic rings. The number of rotatable bonds is 5. The molecule has 0 atom stereocenters. The summed E-state index contributed by atoms with van der Waals surface area (Å²) < 4.78 is 12.4. The highest BCUT2D eigenvalue weighted by atomic mass is 16.5. The van der Waals surface area contributed by atoms with Crippen molar-refractivity contribution < 1.29 is 9.47 Å². The van der Waals surface area contributed by atoms with Crippen LogP contribution in [0, 0.1) is 0 Å². The van der Waals surface area contributed by atoms with Crippen LogP contribution in [0.15, 0.2) is 47.3 Å². The molecule has 2 aromatic carbocycles. The lowest BCUT2D eigenvalue weighted by Gasteiger charge is -2.08. The molecular formula is C17H18N2O3. The number of nitrogens with one attached hydrogen (secondary N) is 1. The smallest absolute Gasteiger partial charge is 0.274 e. The zero-order valence-electron chi connectivity index (χ0n) is 12.6. The maximum atomic E-state index is 12.5. The molecule has 3 rings (SSSR count). The molecule has 0 radical (unpaired) electrons. The van der Waals surface area contributed by atoms with Crippen LogP contribution in [0.3, 0.4) is 0 Å². The number of nitrogens with zero attached hydrogens (tertiary/aromatic N) is 1. The first kappa shape index (κ1) is 14.3. The second-order valence-corrected chi connectivity index (χ2v) is 4.97. The molecule has 0 saturated carbocycles. The summed E-state index contributed by atoms with van der Waals surface area (Å²) in [5.74, 6) is 1.20. The third-order valence-corrected chi connectivity index (χ3v) is 3.52. The number of fused-ring (bicyclic) bond motifs is 1. The van der Waals surface area contributed by atoms with E-state index in [1.54, 1.807) is 23.9 Å². The van der Waals surface area contributed by atoms with Gasteiger partial charge >= 0.3 is 0 Å². The predicted molar refractivity (Wildman–Crippen MR) is 85.8 cm³/mol. The lowest BCUT2D eigenvalue weighted by Crippen LogP contribution is -2.17. The van der Waals surface area contributed by atoms with Crippen LogP contribution in [0.25, 0.3) is 10.9 Å². The Hall–Kier alpha value is -2.69. The summed E-state index contributed by atoms with van der Waals surface area (Å²) in [5, 5.41) is 3.72. The summed E-state index contributed by atoms with van der Waals surface area (Å²) in [6, 6.07) is 13.4. The van der Waals surface area contributed by atoms with Gasteiger partial charge in [-0.3, -0.25) is 9.89 Å². The number of ether oxygens (including phenoxy) is 2. The van der Waals surface area contributed by atoms with E-state index in [0.29, 0.717) is 30.0 Å². The highest BCUT2D eigenvalue weighted by Crippen LogP contribution is 2.30. The summed E-state index contributed by atoms with van der Waals surface area (Å²) in [7, 11) is 1.57. The Morgan fingerprint density at radius 1 is 1.14 bits per heavy atom. The monoisotopic (exact) mass is 298 g/mol. The Labute approximate surface area is 128 Å². The van der Waals surface area contributed by atoms with Gasteiger partial charge in [-0.15, -0.1) is 0 Å². The summed E-state index contributed by atoms with van der Waals surface area (Å²) in [4.78, 5) is 12.5. The zero-order chi connectivity index (χ0) is 15.5. The Morgan fingerprint density at radius 2 is 1.91 bits per heavy atom. The number of hydrogen-bond donors (Lipinski definition) is 1. The van der Waals surface area contributed by atoms with Crippen LogP contribution in [0.2, 0.25) is 0 Å². The number of benzene rings is 2. The lowest BCUT2D eigenvalue weighted by molar-refractivity contribution is 0.311. The van der Waals surface area contributed by atoms with E-state index in [0.717, 1.165) is 11.1 Å². The average molecular weight is 298 g/mol. The summed E-state index contributed by atoms with van der Waals surface area (Å²) in [6.07, 6.45) is 0. The van der Waals surface area contributed by atoms with Gasteiger partial charge in [0.15, 0.2) is 11.5 Å². The molecule has 0 bridgehead atoms. The Bertz CT molecular complexity index is 834. The molecule has 0 aliphatic rings. The highest BCUT2D eigenvalue weighted by Gasteiger charge is 2.13. The third kappa shape index (κ3) is 2.57. The maximum absolute atomic E-state index is 12.5. The van der Waals surface area contributed by atoms with Crippen LogP contribution in [-0.2, 0) is 6.54 Å². The van der Waals surface area contributed by atoms with Crippen molar-refractivity contribution in [2.75, 3.05) is 13.7 Å². The fourth-order valence-corrected chi connectivity index (χ4v) is 2.48. The van der Waals surface area contributed by atoms with Crippen LogP contribution < -0.4 is 15.0 Å². The first-order valence-electron chi connectivity index (χ1n) is 7.20. The van der Waals surface area contributed by atoms with Crippen molar-refractivity contribution in [3.8, 4) is 11.5 Å². The van der Waals surface area contributed by atoms with Crippen molar-refractivity contribution in [1.29, 1.82) is 0 Å². The van der Waals surface area contributed by atoms with E-state index in [1.807, 2.05) is 37.3 Å². The van der Waals surface area contributed by atoms with Crippen molar-refractivity contribution in [3.63, 3.8) is 0 Å². The van der Waals surface area contributed by atoms with E-state index >= 15 is 0 Å². The fraction of sp³-hybridized carbons (Fsp3) is 0.235. The molecule has 114 valence electrons. The lowest BCUT2D eigenvalue weighted by atomic mass is 10.2. The van der Waals surface area contributed by atoms with Crippen LogP contribution in [0.4, 0.5) is 0 Å². The van der Waals surface area contributed by atoms with Crippen molar-refractivity contribution in [1.82, 2.24) is 9.78 Å². The maximum Gasteiger partial charge on any atom is 0.274 e. The molecule has 0 aliphatic carbocycles. The molecule has 0 spiro atoms. The molecule has 1 aromatic heterocycles. The Kier molecular flexibility index (Phi) is 3.87. The standard InChI is InChI=1S/C17H18N2O3/c1-3-22-16-10-14-13(9-15(16)21-2)17(20)19(18-14)11-12-7-5-4-6-8-12/h4-10,18H,3,11H2,1-2H3. The summed E-state index contributed by atoms with van der Waals surface area (Å²) >= 11 is 0. The zero-order valence-corrected chi connectivity index (χ0v) is 12.6. The van der Waals surface area contributed by atoms with Crippen molar-refractivity contribution in [2.24, 2.45) is 0 Å². The van der Waals surface area contributed by atoms with Gasteiger partial charge in [-0.1, -0.05) is 30.3 Å². The molecule has 1 heterocycles. The molecular weight excluding hydrogens is 280 g/mol.